The van der Waals surface area contributed by atoms with Gasteiger partial charge in [-0.2, -0.15) is 0 Å². The summed E-state index contributed by atoms with van der Waals surface area (Å²) in [5.74, 6) is -0.185. The maximum Gasteiger partial charge on any atom is 0.220 e. The highest BCUT2D eigenvalue weighted by atomic mass is 16.7. The van der Waals surface area contributed by atoms with Gasteiger partial charge in [-0.15, -0.1) is 0 Å². The van der Waals surface area contributed by atoms with E-state index in [2.05, 4.69) is 31.3 Å². The van der Waals surface area contributed by atoms with Crippen molar-refractivity contribution in [2.75, 3.05) is 13.2 Å². The number of carbonyl (C=O) groups is 1. The summed E-state index contributed by atoms with van der Waals surface area (Å²) in [6.07, 6.45) is 35.0. The van der Waals surface area contributed by atoms with Gasteiger partial charge in [0.05, 0.1) is 25.4 Å². The number of amides is 1. The van der Waals surface area contributed by atoms with Crippen LogP contribution in [0.5, 0.6) is 0 Å². The van der Waals surface area contributed by atoms with Crippen LogP contribution in [0.15, 0.2) is 24.3 Å². The van der Waals surface area contributed by atoms with Gasteiger partial charge in [0.25, 0.3) is 0 Å². The molecule has 0 aromatic rings. The first-order valence-corrected chi connectivity index (χ1v) is 22.6. The molecule has 318 valence electrons. The Labute approximate surface area is 330 Å². The molecule has 6 N–H and O–H groups in total. The van der Waals surface area contributed by atoms with Crippen LogP contribution in [-0.2, 0) is 14.3 Å². The normalized spacial score (nSPS) is 21.6. The van der Waals surface area contributed by atoms with Gasteiger partial charge in [-0.25, -0.2) is 0 Å². The predicted molar refractivity (Wildman–Crippen MR) is 221 cm³/mol. The molecule has 1 amide bonds. The summed E-state index contributed by atoms with van der Waals surface area (Å²) in [6, 6.07) is -0.815. The Morgan fingerprint density at radius 3 is 1.56 bits per heavy atom. The van der Waals surface area contributed by atoms with Crippen molar-refractivity contribution in [3.8, 4) is 0 Å². The Balaban J connectivity index is 2.38. The van der Waals surface area contributed by atoms with Crippen molar-refractivity contribution < 1.29 is 39.8 Å². The number of hydrogen-bond donors (Lipinski definition) is 6. The van der Waals surface area contributed by atoms with Crippen LogP contribution in [0.3, 0.4) is 0 Å². The van der Waals surface area contributed by atoms with Crippen molar-refractivity contribution in [1.82, 2.24) is 5.32 Å². The van der Waals surface area contributed by atoms with E-state index in [1.165, 1.54) is 141 Å². The molecule has 2 unspecified atom stereocenters. The van der Waals surface area contributed by atoms with Crippen LogP contribution in [0, 0.1) is 0 Å². The summed E-state index contributed by atoms with van der Waals surface area (Å²) in [7, 11) is 0. The zero-order valence-electron chi connectivity index (χ0n) is 34.7. The van der Waals surface area contributed by atoms with E-state index >= 15 is 0 Å². The average molecular weight is 768 g/mol. The zero-order chi connectivity index (χ0) is 39.5. The first-order chi connectivity index (χ1) is 26.3. The predicted octanol–water partition coefficient (Wildman–Crippen LogP) is 9.11. The molecule has 9 nitrogen and oxygen atoms in total. The fourth-order valence-electron chi connectivity index (χ4n) is 7.11. The average Bonchev–Trinajstić information content (AvgIpc) is 3.17. The fourth-order valence-corrected chi connectivity index (χ4v) is 7.11. The molecular weight excluding hydrogens is 682 g/mol. The highest BCUT2D eigenvalue weighted by Crippen LogP contribution is 2.22. The van der Waals surface area contributed by atoms with E-state index in [0.29, 0.717) is 6.42 Å². The number of nitrogens with one attached hydrogen (secondary N) is 1. The van der Waals surface area contributed by atoms with E-state index in [-0.39, 0.29) is 12.5 Å². The Kier molecular flexibility index (Phi) is 33.8. The molecule has 0 aliphatic carbocycles. The lowest BCUT2D eigenvalue weighted by Gasteiger charge is -2.40. The molecular formula is C45H85NO8. The summed E-state index contributed by atoms with van der Waals surface area (Å²) in [4.78, 5) is 12.9. The SMILES string of the molecule is CCCCCCCCCC/C=C/CC/C=C/[C@@H](O)[C@H](CO[C@H]1O[C@@H](CO)[C@H](O)C(O)C1O)NC(=O)CCCCCCCCCCCCCCCCCCC. The molecule has 1 saturated heterocycles. The number of unbranched alkanes of at least 4 members (excludes halogenated alkanes) is 25. The molecule has 1 aliphatic heterocycles. The van der Waals surface area contributed by atoms with Gasteiger partial charge in [0, 0.05) is 6.42 Å². The second-order valence-corrected chi connectivity index (χ2v) is 15.8. The second-order valence-electron chi connectivity index (χ2n) is 15.8. The Morgan fingerprint density at radius 2 is 1.06 bits per heavy atom. The van der Waals surface area contributed by atoms with Crippen LogP contribution in [-0.4, -0.2) is 87.5 Å². The van der Waals surface area contributed by atoms with Gasteiger partial charge in [0.15, 0.2) is 6.29 Å². The van der Waals surface area contributed by atoms with Gasteiger partial charge in [0.1, 0.15) is 24.4 Å². The van der Waals surface area contributed by atoms with E-state index in [1.807, 2.05) is 6.08 Å². The third kappa shape index (κ3) is 26.5. The minimum Gasteiger partial charge on any atom is -0.394 e. The lowest BCUT2D eigenvalue weighted by atomic mass is 9.99. The van der Waals surface area contributed by atoms with E-state index in [1.54, 1.807) is 6.08 Å². The standard InChI is InChI=1S/C45H85NO8/c1-3-5-7-9-11-13-15-17-19-20-21-23-25-27-29-31-33-35-41(49)46-38(37-53-45-44(52)43(51)42(50)40(36-47)54-45)39(48)34-32-30-28-26-24-22-18-16-14-12-10-8-6-4-2/h24,26,32,34,38-40,42-45,47-48,50-52H,3-23,25,27-31,33,35-37H2,1-2H3,(H,46,49)/b26-24+,34-32+/t38-,39+,40-,42-,43?,44?,45-/m0/s1. The molecule has 54 heavy (non-hydrogen) atoms. The van der Waals surface area contributed by atoms with E-state index in [4.69, 9.17) is 9.47 Å². The van der Waals surface area contributed by atoms with Crippen molar-refractivity contribution in [1.29, 1.82) is 0 Å². The second kappa shape index (κ2) is 36.0. The molecule has 1 rings (SSSR count). The highest BCUT2D eigenvalue weighted by Gasteiger charge is 2.44. The minimum absolute atomic E-state index is 0.185. The molecule has 1 aliphatic rings. The number of rotatable bonds is 37. The van der Waals surface area contributed by atoms with Crippen LogP contribution in [0.1, 0.15) is 200 Å². The van der Waals surface area contributed by atoms with E-state index in [0.717, 1.165) is 38.5 Å². The van der Waals surface area contributed by atoms with E-state index in [9.17, 15) is 30.3 Å². The lowest BCUT2D eigenvalue weighted by Crippen LogP contribution is -2.60. The van der Waals surface area contributed by atoms with Crippen LogP contribution in [0.2, 0.25) is 0 Å². The topological polar surface area (TPSA) is 149 Å². The van der Waals surface area contributed by atoms with Crippen molar-refractivity contribution in [2.24, 2.45) is 0 Å². The van der Waals surface area contributed by atoms with Crippen LogP contribution < -0.4 is 5.32 Å². The van der Waals surface area contributed by atoms with Crippen LogP contribution in [0.25, 0.3) is 0 Å². The molecule has 0 radical (unpaired) electrons. The summed E-state index contributed by atoms with van der Waals surface area (Å²) in [5.41, 5.74) is 0. The Hall–Kier alpha value is -1.33. The summed E-state index contributed by atoms with van der Waals surface area (Å²) < 4.78 is 11.2. The quantitative estimate of drug-likeness (QED) is 0.0271. The first-order valence-electron chi connectivity index (χ1n) is 22.6. The Bertz CT molecular complexity index is 899. The van der Waals surface area contributed by atoms with Gasteiger partial charge in [-0.1, -0.05) is 186 Å². The van der Waals surface area contributed by atoms with E-state index < -0.39 is 49.5 Å². The zero-order valence-corrected chi connectivity index (χ0v) is 34.7. The van der Waals surface area contributed by atoms with Gasteiger partial charge in [-0.05, 0) is 32.1 Å². The summed E-state index contributed by atoms with van der Waals surface area (Å²) in [5, 5.41) is 54.1. The molecule has 0 aromatic carbocycles. The third-order valence-corrected chi connectivity index (χ3v) is 10.8. The molecule has 1 fully saturated rings. The first kappa shape index (κ1) is 50.7. The number of carbonyl (C=O) groups excluding carboxylic acids is 1. The number of hydrogen-bond acceptors (Lipinski definition) is 8. The van der Waals surface area contributed by atoms with Gasteiger partial charge in [0.2, 0.25) is 5.91 Å². The lowest BCUT2D eigenvalue weighted by molar-refractivity contribution is -0.302. The highest BCUT2D eigenvalue weighted by molar-refractivity contribution is 5.76. The Morgan fingerprint density at radius 1 is 0.611 bits per heavy atom. The van der Waals surface area contributed by atoms with Gasteiger partial charge < -0.3 is 40.3 Å². The number of allylic oxidation sites excluding steroid dienone is 3. The molecule has 1 heterocycles. The monoisotopic (exact) mass is 768 g/mol. The van der Waals surface area contributed by atoms with Crippen molar-refractivity contribution >= 4 is 5.91 Å². The molecule has 0 spiro atoms. The molecule has 0 saturated carbocycles. The maximum absolute atomic E-state index is 12.9. The molecule has 0 aromatic heterocycles. The third-order valence-electron chi connectivity index (χ3n) is 10.8. The summed E-state index contributed by atoms with van der Waals surface area (Å²) in [6.45, 7) is 3.75. The molecule has 9 heteroatoms. The van der Waals surface area contributed by atoms with Crippen molar-refractivity contribution in [3.05, 3.63) is 24.3 Å². The maximum atomic E-state index is 12.9. The van der Waals surface area contributed by atoms with Crippen LogP contribution in [0.4, 0.5) is 0 Å². The summed E-state index contributed by atoms with van der Waals surface area (Å²) >= 11 is 0. The fraction of sp³-hybridized carbons (Fsp3) is 0.889. The van der Waals surface area contributed by atoms with Gasteiger partial charge in [-0.3, -0.25) is 4.79 Å². The van der Waals surface area contributed by atoms with Crippen LogP contribution >= 0.6 is 0 Å². The largest absolute Gasteiger partial charge is 0.394 e. The smallest absolute Gasteiger partial charge is 0.220 e. The number of aliphatic hydroxyl groups excluding tert-OH is 5. The van der Waals surface area contributed by atoms with Crippen molar-refractivity contribution in [2.45, 2.75) is 243 Å². The van der Waals surface area contributed by atoms with Crippen molar-refractivity contribution in [3.63, 3.8) is 0 Å². The number of ether oxygens (including phenoxy) is 2. The molecule has 0 bridgehead atoms. The minimum atomic E-state index is -1.57. The van der Waals surface area contributed by atoms with Gasteiger partial charge >= 0.3 is 0 Å². The molecule has 7 atom stereocenters. The number of aliphatic hydroxyl groups is 5.